The molecular weight excluding hydrogens is 258 g/mol. The van der Waals surface area contributed by atoms with Gasteiger partial charge in [-0.15, -0.1) is 0 Å². The number of nitrogens with one attached hydrogen (secondary N) is 1. The van der Waals surface area contributed by atoms with Gasteiger partial charge in [0, 0.05) is 22.0 Å². The molecule has 0 unspecified atom stereocenters. The molecule has 1 aromatic heterocycles. The molecule has 3 aromatic rings. The minimum absolute atomic E-state index is 0.260. The van der Waals surface area contributed by atoms with E-state index in [2.05, 4.69) is 11.1 Å². The van der Waals surface area contributed by atoms with Crippen LogP contribution in [0.3, 0.4) is 0 Å². The molecule has 3 nitrogen and oxygen atoms in total. The first kappa shape index (κ1) is 12.0. The molecule has 0 aliphatic heterocycles. The lowest BCUT2D eigenvalue weighted by Gasteiger charge is -2.06. The van der Waals surface area contributed by atoms with E-state index in [1.165, 1.54) is 11.8 Å². The normalized spacial score (nSPS) is 10.8. The van der Waals surface area contributed by atoms with Crippen molar-refractivity contribution in [3.63, 3.8) is 0 Å². The zero-order valence-corrected chi connectivity index (χ0v) is 11.2. The van der Waals surface area contributed by atoms with Crippen molar-refractivity contribution in [2.75, 3.05) is 7.11 Å². The molecule has 0 atom stereocenters. The number of hydrogen-bond acceptors (Lipinski definition) is 3. The molecule has 96 valence electrons. The van der Waals surface area contributed by atoms with Crippen LogP contribution < -0.4 is 4.74 Å². The zero-order chi connectivity index (χ0) is 13.2. The summed E-state index contributed by atoms with van der Waals surface area (Å²) in [4.78, 5) is 5.09. The number of H-pyrrole nitrogens is 1. The van der Waals surface area contributed by atoms with Crippen molar-refractivity contribution < 1.29 is 9.84 Å². The number of rotatable bonds is 3. The van der Waals surface area contributed by atoms with Crippen molar-refractivity contribution in [1.29, 1.82) is 0 Å². The average Bonchev–Trinajstić information content (AvgIpc) is 2.85. The molecule has 2 aromatic carbocycles. The SMILES string of the molecule is COc1ccc(O)c(Sc2c[nH]c3ccccc23)c1. The van der Waals surface area contributed by atoms with Crippen LogP contribution in [0.25, 0.3) is 10.9 Å². The molecule has 0 amide bonds. The molecule has 19 heavy (non-hydrogen) atoms. The number of aromatic nitrogens is 1. The third kappa shape index (κ3) is 2.27. The Labute approximate surface area is 115 Å². The summed E-state index contributed by atoms with van der Waals surface area (Å²) in [7, 11) is 1.62. The third-order valence-corrected chi connectivity index (χ3v) is 4.04. The standard InChI is InChI=1S/C15H13NO2S/c1-18-10-6-7-13(17)14(8-10)19-15-9-16-12-5-3-2-4-11(12)15/h2-9,16-17H,1H3. The molecule has 0 fully saturated rings. The van der Waals surface area contributed by atoms with Gasteiger partial charge in [0.1, 0.15) is 11.5 Å². The summed E-state index contributed by atoms with van der Waals surface area (Å²) in [6.07, 6.45) is 1.95. The van der Waals surface area contributed by atoms with Crippen molar-refractivity contribution in [3.05, 3.63) is 48.7 Å². The highest BCUT2D eigenvalue weighted by Crippen LogP contribution is 2.39. The number of ether oxygens (including phenoxy) is 1. The highest BCUT2D eigenvalue weighted by molar-refractivity contribution is 7.99. The number of aromatic hydroxyl groups is 1. The van der Waals surface area contributed by atoms with E-state index < -0.39 is 0 Å². The van der Waals surface area contributed by atoms with Crippen molar-refractivity contribution in [1.82, 2.24) is 4.98 Å². The van der Waals surface area contributed by atoms with Gasteiger partial charge in [0.25, 0.3) is 0 Å². The van der Waals surface area contributed by atoms with Crippen LogP contribution in [0.5, 0.6) is 11.5 Å². The van der Waals surface area contributed by atoms with Gasteiger partial charge in [-0.2, -0.15) is 0 Å². The number of benzene rings is 2. The predicted molar refractivity (Wildman–Crippen MR) is 77.1 cm³/mol. The smallest absolute Gasteiger partial charge is 0.129 e. The second-order valence-electron chi connectivity index (χ2n) is 4.13. The lowest BCUT2D eigenvalue weighted by Crippen LogP contribution is -1.83. The van der Waals surface area contributed by atoms with E-state index >= 15 is 0 Å². The summed E-state index contributed by atoms with van der Waals surface area (Å²) >= 11 is 1.52. The maximum absolute atomic E-state index is 9.91. The summed E-state index contributed by atoms with van der Waals surface area (Å²) in [6.45, 7) is 0. The first-order chi connectivity index (χ1) is 9.28. The Balaban J connectivity index is 2.01. The molecule has 0 aliphatic carbocycles. The molecule has 0 radical (unpaired) electrons. The Morgan fingerprint density at radius 2 is 1.95 bits per heavy atom. The fourth-order valence-electron chi connectivity index (χ4n) is 1.95. The van der Waals surface area contributed by atoms with E-state index in [-0.39, 0.29) is 5.75 Å². The van der Waals surface area contributed by atoms with Gasteiger partial charge in [-0.1, -0.05) is 30.0 Å². The van der Waals surface area contributed by atoms with Crippen LogP contribution in [-0.2, 0) is 0 Å². The Morgan fingerprint density at radius 1 is 1.11 bits per heavy atom. The van der Waals surface area contributed by atoms with E-state index in [4.69, 9.17) is 4.74 Å². The largest absolute Gasteiger partial charge is 0.507 e. The minimum Gasteiger partial charge on any atom is -0.507 e. The van der Waals surface area contributed by atoms with Crippen LogP contribution in [0.2, 0.25) is 0 Å². The molecule has 4 heteroatoms. The van der Waals surface area contributed by atoms with Crippen LogP contribution >= 0.6 is 11.8 Å². The Hall–Kier alpha value is -2.07. The van der Waals surface area contributed by atoms with Crippen molar-refractivity contribution in [2.45, 2.75) is 9.79 Å². The van der Waals surface area contributed by atoms with Gasteiger partial charge >= 0.3 is 0 Å². The molecule has 0 spiro atoms. The van der Waals surface area contributed by atoms with Crippen molar-refractivity contribution in [3.8, 4) is 11.5 Å². The molecule has 0 aliphatic rings. The van der Waals surface area contributed by atoms with Gasteiger partial charge in [-0.25, -0.2) is 0 Å². The quantitative estimate of drug-likeness (QED) is 0.756. The monoisotopic (exact) mass is 271 g/mol. The molecule has 1 heterocycles. The number of methoxy groups -OCH3 is 1. The second-order valence-corrected chi connectivity index (χ2v) is 5.22. The summed E-state index contributed by atoms with van der Waals surface area (Å²) in [5, 5.41) is 11.1. The lowest BCUT2D eigenvalue weighted by atomic mass is 10.2. The minimum atomic E-state index is 0.260. The molecule has 0 saturated carbocycles. The fraction of sp³-hybridized carbons (Fsp3) is 0.0667. The summed E-state index contributed by atoms with van der Waals surface area (Å²) < 4.78 is 5.18. The number of aromatic amines is 1. The fourth-order valence-corrected chi connectivity index (χ4v) is 2.94. The first-order valence-corrected chi connectivity index (χ1v) is 6.70. The first-order valence-electron chi connectivity index (χ1n) is 5.89. The van der Waals surface area contributed by atoms with Crippen LogP contribution in [0, 0.1) is 0 Å². The highest BCUT2D eigenvalue weighted by atomic mass is 32.2. The van der Waals surface area contributed by atoms with E-state index in [0.717, 1.165) is 26.4 Å². The molecule has 0 bridgehead atoms. The van der Waals surface area contributed by atoms with E-state index in [9.17, 15) is 5.11 Å². The summed E-state index contributed by atoms with van der Waals surface area (Å²) in [5.41, 5.74) is 1.09. The Morgan fingerprint density at radius 3 is 2.79 bits per heavy atom. The van der Waals surface area contributed by atoms with Crippen LogP contribution in [0.4, 0.5) is 0 Å². The highest BCUT2D eigenvalue weighted by Gasteiger charge is 2.09. The number of phenolic OH excluding ortho intramolecular Hbond substituents is 1. The predicted octanol–water partition coefficient (Wildman–Crippen LogP) is 4.03. The van der Waals surface area contributed by atoms with Gasteiger partial charge < -0.3 is 14.8 Å². The van der Waals surface area contributed by atoms with E-state index in [1.54, 1.807) is 19.2 Å². The topological polar surface area (TPSA) is 45.2 Å². The summed E-state index contributed by atoms with van der Waals surface area (Å²) in [5.74, 6) is 0.997. The van der Waals surface area contributed by atoms with Gasteiger partial charge in [0.15, 0.2) is 0 Å². The van der Waals surface area contributed by atoms with E-state index in [1.807, 2.05) is 30.5 Å². The van der Waals surface area contributed by atoms with Crippen LogP contribution in [0.15, 0.2) is 58.5 Å². The lowest BCUT2D eigenvalue weighted by molar-refractivity contribution is 0.409. The number of para-hydroxylation sites is 1. The van der Waals surface area contributed by atoms with Gasteiger partial charge in [-0.05, 0) is 24.3 Å². The van der Waals surface area contributed by atoms with E-state index in [0.29, 0.717) is 0 Å². The van der Waals surface area contributed by atoms with Gasteiger partial charge in [-0.3, -0.25) is 0 Å². The summed E-state index contributed by atoms with van der Waals surface area (Å²) in [6, 6.07) is 13.3. The average molecular weight is 271 g/mol. The zero-order valence-electron chi connectivity index (χ0n) is 10.4. The Bertz CT molecular complexity index is 721. The Kier molecular flexibility index (Phi) is 3.09. The number of hydrogen-bond donors (Lipinski definition) is 2. The molecule has 2 N–H and O–H groups in total. The van der Waals surface area contributed by atoms with Gasteiger partial charge in [0.05, 0.1) is 12.0 Å². The van der Waals surface area contributed by atoms with Crippen molar-refractivity contribution >= 4 is 22.7 Å². The number of fused-ring (bicyclic) bond motifs is 1. The maximum Gasteiger partial charge on any atom is 0.129 e. The second kappa shape index (κ2) is 4.90. The van der Waals surface area contributed by atoms with Crippen molar-refractivity contribution in [2.24, 2.45) is 0 Å². The molecule has 0 saturated heterocycles. The number of phenols is 1. The maximum atomic E-state index is 9.91. The molecular formula is C15H13NO2S. The third-order valence-electron chi connectivity index (χ3n) is 2.94. The molecule has 3 rings (SSSR count). The van der Waals surface area contributed by atoms with Gasteiger partial charge in [0.2, 0.25) is 0 Å². The van der Waals surface area contributed by atoms with Crippen LogP contribution in [-0.4, -0.2) is 17.2 Å². The van der Waals surface area contributed by atoms with Crippen LogP contribution in [0.1, 0.15) is 0 Å².